The number of benzene rings is 2. The van der Waals surface area contributed by atoms with Crippen LogP contribution in [0.1, 0.15) is 28.2 Å². The number of imidazole rings is 1. The highest BCUT2D eigenvalue weighted by atomic mass is 32.1. The van der Waals surface area contributed by atoms with Gasteiger partial charge in [-0.25, -0.2) is 9.97 Å². The van der Waals surface area contributed by atoms with Crippen molar-refractivity contribution in [3.8, 4) is 5.69 Å². The lowest BCUT2D eigenvalue weighted by Crippen LogP contribution is -2.20. The van der Waals surface area contributed by atoms with E-state index in [1.54, 1.807) is 11.3 Å². The number of aromatic nitrogens is 4. The summed E-state index contributed by atoms with van der Waals surface area (Å²) in [6, 6.07) is 16.5. The number of allylic oxidation sites excluding steroid dienone is 1. The Kier molecular flexibility index (Phi) is 3.98. The van der Waals surface area contributed by atoms with Gasteiger partial charge in [0, 0.05) is 17.1 Å². The summed E-state index contributed by atoms with van der Waals surface area (Å²) in [4.78, 5) is 24.4. The smallest absolute Gasteiger partial charge is 0.262 e. The van der Waals surface area contributed by atoms with E-state index in [9.17, 15) is 4.79 Å². The second kappa shape index (κ2) is 6.75. The molecule has 3 aromatic heterocycles. The summed E-state index contributed by atoms with van der Waals surface area (Å²) in [6.45, 7) is 4.76. The van der Waals surface area contributed by atoms with Gasteiger partial charge in [-0.2, -0.15) is 0 Å². The van der Waals surface area contributed by atoms with Crippen LogP contribution < -0.4 is 5.56 Å². The van der Waals surface area contributed by atoms with Crippen LogP contribution >= 0.6 is 11.3 Å². The lowest BCUT2D eigenvalue weighted by molar-refractivity contribution is 0.726. The molecule has 0 saturated heterocycles. The highest BCUT2D eigenvalue weighted by Crippen LogP contribution is 2.32. The Labute approximate surface area is 182 Å². The summed E-state index contributed by atoms with van der Waals surface area (Å²) < 4.78 is 3.93. The summed E-state index contributed by atoms with van der Waals surface area (Å²) in [5.74, 6) is 0.809. The molecule has 31 heavy (non-hydrogen) atoms. The first-order chi connectivity index (χ1) is 15.1. The number of hydrogen-bond acceptors (Lipinski definition) is 4. The lowest BCUT2D eigenvalue weighted by atomic mass is 10.1. The zero-order valence-electron chi connectivity index (χ0n) is 17.3. The molecular formula is C25H20N4OS. The van der Waals surface area contributed by atoms with Gasteiger partial charge in [-0.05, 0) is 67.3 Å². The molecule has 5 nitrogen and oxygen atoms in total. The molecule has 5 aromatic rings. The number of hydrogen-bond donors (Lipinski definition) is 0. The molecule has 1 aliphatic heterocycles. The van der Waals surface area contributed by atoms with Crippen LogP contribution in [0.25, 0.3) is 38.6 Å². The summed E-state index contributed by atoms with van der Waals surface area (Å²) in [5.41, 5.74) is 6.52. The van der Waals surface area contributed by atoms with Crippen molar-refractivity contribution < 1.29 is 0 Å². The Morgan fingerprint density at radius 1 is 1.06 bits per heavy atom. The topological polar surface area (TPSA) is 52.7 Å². The summed E-state index contributed by atoms with van der Waals surface area (Å²) in [6.07, 6.45) is 4.84. The Bertz CT molecular complexity index is 1570. The van der Waals surface area contributed by atoms with Crippen molar-refractivity contribution in [3.05, 3.63) is 87.0 Å². The van der Waals surface area contributed by atoms with Gasteiger partial charge in [0.25, 0.3) is 5.56 Å². The molecule has 1 aliphatic rings. The van der Waals surface area contributed by atoms with E-state index in [-0.39, 0.29) is 5.56 Å². The molecule has 152 valence electrons. The predicted molar refractivity (Wildman–Crippen MR) is 127 cm³/mol. The van der Waals surface area contributed by atoms with E-state index in [4.69, 9.17) is 4.98 Å². The van der Waals surface area contributed by atoms with Crippen molar-refractivity contribution in [2.75, 3.05) is 0 Å². The minimum atomic E-state index is 0.0904. The number of para-hydroxylation sites is 2. The Hall–Kier alpha value is -3.51. The second-order valence-corrected chi connectivity index (χ2v) is 9.17. The van der Waals surface area contributed by atoms with Gasteiger partial charge in [-0.3, -0.25) is 13.9 Å². The highest BCUT2D eigenvalue weighted by molar-refractivity contribution is 7.18. The van der Waals surface area contributed by atoms with Gasteiger partial charge >= 0.3 is 0 Å². The van der Waals surface area contributed by atoms with Crippen molar-refractivity contribution in [3.63, 3.8) is 0 Å². The summed E-state index contributed by atoms with van der Waals surface area (Å²) in [5, 5.41) is 0.782. The minimum Gasteiger partial charge on any atom is -0.299 e. The molecule has 0 atom stereocenters. The molecular weight excluding hydrogens is 404 g/mol. The molecule has 0 saturated carbocycles. The predicted octanol–water partition coefficient (Wildman–Crippen LogP) is 5.36. The van der Waals surface area contributed by atoms with Crippen LogP contribution in [0.2, 0.25) is 0 Å². The first kappa shape index (κ1) is 18.3. The largest absolute Gasteiger partial charge is 0.299 e. The Morgan fingerprint density at radius 2 is 1.87 bits per heavy atom. The number of nitrogens with zero attached hydrogens (tertiary/aromatic N) is 4. The fourth-order valence-electron chi connectivity index (χ4n) is 4.36. The molecule has 2 aromatic carbocycles. The van der Waals surface area contributed by atoms with Gasteiger partial charge in [0.05, 0.1) is 16.4 Å². The number of thiophene rings is 1. The van der Waals surface area contributed by atoms with Gasteiger partial charge in [-0.1, -0.05) is 24.3 Å². The van der Waals surface area contributed by atoms with E-state index in [0.29, 0.717) is 6.54 Å². The van der Waals surface area contributed by atoms with Crippen LogP contribution in [0.3, 0.4) is 0 Å². The first-order valence-corrected chi connectivity index (χ1v) is 11.2. The van der Waals surface area contributed by atoms with Crippen molar-refractivity contribution in [2.45, 2.75) is 26.8 Å². The monoisotopic (exact) mass is 424 g/mol. The van der Waals surface area contributed by atoms with Crippen LogP contribution in [0, 0.1) is 13.8 Å². The third-order valence-corrected chi connectivity index (χ3v) is 7.25. The van der Waals surface area contributed by atoms with Crippen LogP contribution in [0.15, 0.2) is 59.7 Å². The van der Waals surface area contributed by atoms with Crippen molar-refractivity contribution in [2.24, 2.45) is 0 Å². The molecule has 0 unspecified atom stereocenters. The zero-order chi connectivity index (χ0) is 21.1. The first-order valence-electron chi connectivity index (χ1n) is 10.3. The summed E-state index contributed by atoms with van der Waals surface area (Å²) >= 11 is 1.61. The summed E-state index contributed by atoms with van der Waals surface area (Å²) in [7, 11) is 0. The molecule has 0 spiro atoms. The lowest BCUT2D eigenvalue weighted by Gasteiger charge is -2.06. The van der Waals surface area contributed by atoms with Crippen molar-refractivity contribution in [1.29, 1.82) is 0 Å². The van der Waals surface area contributed by atoms with E-state index in [1.165, 1.54) is 0 Å². The van der Waals surface area contributed by atoms with E-state index >= 15 is 0 Å². The number of fused-ring (bicyclic) bond motifs is 3. The van der Waals surface area contributed by atoms with E-state index in [1.807, 2.05) is 36.0 Å². The molecule has 6 rings (SSSR count). The highest BCUT2D eigenvalue weighted by Gasteiger charge is 2.23. The van der Waals surface area contributed by atoms with Gasteiger partial charge in [0.1, 0.15) is 17.0 Å². The second-order valence-electron chi connectivity index (χ2n) is 7.97. The molecule has 6 heteroatoms. The maximum Gasteiger partial charge on any atom is 0.262 e. The van der Waals surface area contributed by atoms with E-state index < -0.39 is 0 Å². The third kappa shape index (κ3) is 2.79. The van der Waals surface area contributed by atoms with Gasteiger partial charge in [-0.15, -0.1) is 11.3 Å². The maximum absolute atomic E-state index is 13.0. The quantitative estimate of drug-likeness (QED) is 0.383. The molecule has 0 aliphatic carbocycles. The van der Waals surface area contributed by atoms with Crippen molar-refractivity contribution in [1.82, 2.24) is 19.1 Å². The molecule has 0 amide bonds. The average Bonchev–Trinajstić information content (AvgIpc) is 3.46. The molecule has 0 radical (unpaired) electrons. The fraction of sp³-hybridized carbons (Fsp3) is 0.160. The maximum atomic E-state index is 13.0. The standard InChI is InChI=1S/C25H20N4OS/c1-15-16(2)31-24-22(15)25(30)28-12-11-18(23(28)27-24)13-17-7-9-19(10-8-17)29-14-26-20-5-3-4-6-21(20)29/h3-10,13-14H,11-12H2,1-2H3/b18-13-. The Balaban J connectivity index is 1.39. The molecule has 0 fully saturated rings. The average molecular weight is 425 g/mol. The molecule has 0 N–H and O–H groups in total. The molecule has 4 heterocycles. The van der Waals surface area contributed by atoms with Crippen LogP contribution in [0.4, 0.5) is 0 Å². The van der Waals surface area contributed by atoms with Crippen LogP contribution in [0.5, 0.6) is 0 Å². The number of aryl methyl sites for hydroxylation is 2. The van der Waals surface area contributed by atoms with Gasteiger partial charge in [0.15, 0.2) is 0 Å². The SMILES string of the molecule is Cc1sc2nc3n(c(=O)c2c1C)CC/C3=C/c1ccc(-n2cnc3ccccc32)cc1. The zero-order valence-corrected chi connectivity index (χ0v) is 18.1. The number of rotatable bonds is 2. The Morgan fingerprint density at radius 3 is 2.71 bits per heavy atom. The fourth-order valence-corrected chi connectivity index (χ4v) is 5.38. The van der Waals surface area contributed by atoms with Gasteiger partial charge in [0.2, 0.25) is 0 Å². The van der Waals surface area contributed by atoms with E-state index in [2.05, 4.69) is 52.9 Å². The molecule has 0 bridgehead atoms. The van der Waals surface area contributed by atoms with E-state index in [0.717, 1.165) is 60.8 Å². The third-order valence-electron chi connectivity index (χ3n) is 6.15. The van der Waals surface area contributed by atoms with Crippen LogP contribution in [-0.4, -0.2) is 19.1 Å². The normalized spacial score (nSPS) is 14.7. The van der Waals surface area contributed by atoms with Crippen LogP contribution in [-0.2, 0) is 6.54 Å². The minimum absolute atomic E-state index is 0.0904. The van der Waals surface area contributed by atoms with Crippen molar-refractivity contribution >= 4 is 44.2 Å². The van der Waals surface area contributed by atoms with Gasteiger partial charge < -0.3 is 0 Å².